The van der Waals surface area contributed by atoms with Crippen molar-refractivity contribution < 1.29 is 14.7 Å². The van der Waals surface area contributed by atoms with Crippen LogP contribution in [0.3, 0.4) is 0 Å². The first kappa shape index (κ1) is 21.7. The minimum Gasteiger partial charge on any atom is -0.481 e. The second kappa shape index (κ2) is 8.02. The number of carbonyl (C=O) groups is 2. The number of carboxylic acid groups (broad SMARTS) is 1. The van der Waals surface area contributed by atoms with E-state index in [0.29, 0.717) is 17.8 Å². The average molecular weight is 419 g/mol. The van der Waals surface area contributed by atoms with Crippen LogP contribution >= 0.6 is 11.6 Å². The number of aliphatic carboxylic acids is 1. The molecule has 2 aliphatic rings. The molecule has 1 aliphatic carbocycles. The minimum absolute atomic E-state index is 0.0923. The summed E-state index contributed by atoms with van der Waals surface area (Å²) >= 11 is 6.68. The highest BCUT2D eigenvalue weighted by Crippen LogP contribution is 2.53. The molecule has 2 unspecified atom stereocenters. The molecule has 5 nitrogen and oxygen atoms in total. The number of rotatable bonds is 7. The van der Waals surface area contributed by atoms with Gasteiger partial charge in [-0.2, -0.15) is 0 Å². The lowest BCUT2D eigenvalue weighted by Crippen LogP contribution is -2.55. The Kier molecular flexibility index (Phi) is 6.00. The lowest BCUT2D eigenvalue weighted by molar-refractivity contribution is -0.137. The van der Waals surface area contributed by atoms with E-state index in [0.717, 1.165) is 16.2 Å². The number of hydrogen-bond acceptors (Lipinski definition) is 2. The van der Waals surface area contributed by atoms with Crippen molar-refractivity contribution in [1.29, 1.82) is 0 Å². The van der Waals surface area contributed by atoms with E-state index < -0.39 is 11.5 Å². The lowest BCUT2D eigenvalue weighted by Gasteiger charge is -2.42. The van der Waals surface area contributed by atoms with E-state index in [-0.39, 0.29) is 24.9 Å². The number of carbonyl (C=O) groups excluding carboxylic acids is 1. The lowest BCUT2D eigenvalue weighted by atomic mass is 9.78. The maximum atomic E-state index is 12.7. The molecule has 0 saturated heterocycles. The maximum absolute atomic E-state index is 12.7. The van der Waals surface area contributed by atoms with Crippen molar-refractivity contribution in [3.8, 4) is 0 Å². The van der Waals surface area contributed by atoms with Crippen LogP contribution in [0, 0.1) is 17.8 Å². The van der Waals surface area contributed by atoms with Gasteiger partial charge in [0.1, 0.15) is 0 Å². The molecule has 0 aromatic heterocycles. The topological polar surface area (TPSA) is 69.6 Å². The quantitative estimate of drug-likeness (QED) is 0.626. The zero-order valence-electron chi connectivity index (χ0n) is 17.8. The van der Waals surface area contributed by atoms with Crippen LogP contribution in [0.1, 0.15) is 64.5 Å². The fourth-order valence-electron chi connectivity index (χ4n) is 4.51. The van der Waals surface area contributed by atoms with Crippen LogP contribution in [0.4, 0.5) is 4.79 Å². The highest BCUT2D eigenvalue weighted by Gasteiger charge is 2.43. The van der Waals surface area contributed by atoms with Crippen LogP contribution in [0.25, 0.3) is 0 Å². The Morgan fingerprint density at radius 1 is 1.34 bits per heavy atom. The van der Waals surface area contributed by atoms with Gasteiger partial charge in [-0.05, 0) is 59.8 Å². The molecular formula is C23H31ClN2O3. The first-order chi connectivity index (χ1) is 13.5. The van der Waals surface area contributed by atoms with Crippen LogP contribution in [-0.4, -0.2) is 28.6 Å². The molecule has 1 fully saturated rings. The molecule has 3 atom stereocenters. The van der Waals surface area contributed by atoms with Crippen molar-refractivity contribution in [2.24, 2.45) is 17.8 Å². The number of hydrogen-bond donors (Lipinski definition) is 2. The van der Waals surface area contributed by atoms with E-state index in [1.54, 1.807) is 0 Å². The van der Waals surface area contributed by atoms with Crippen molar-refractivity contribution in [3.05, 3.63) is 46.1 Å². The van der Waals surface area contributed by atoms with Crippen molar-refractivity contribution in [2.75, 3.05) is 6.54 Å². The van der Waals surface area contributed by atoms with E-state index in [4.69, 9.17) is 16.7 Å². The molecule has 1 aliphatic heterocycles. The Morgan fingerprint density at radius 2 is 2.03 bits per heavy atom. The van der Waals surface area contributed by atoms with Crippen molar-refractivity contribution in [1.82, 2.24) is 10.2 Å². The molecule has 158 valence electrons. The smallest absolute Gasteiger partial charge is 0.322 e. The van der Waals surface area contributed by atoms with Gasteiger partial charge in [-0.3, -0.25) is 4.79 Å². The number of carboxylic acids is 1. The van der Waals surface area contributed by atoms with Gasteiger partial charge >= 0.3 is 12.0 Å². The molecule has 29 heavy (non-hydrogen) atoms. The van der Waals surface area contributed by atoms with Crippen LogP contribution in [0.5, 0.6) is 0 Å². The van der Waals surface area contributed by atoms with Gasteiger partial charge in [0, 0.05) is 17.8 Å². The fourth-order valence-corrected chi connectivity index (χ4v) is 4.83. The van der Waals surface area contributed by atoms with E-state index in [1.807, 2.05) is 19.2 Å². The number of urea groups is 1. The third-order valence-corrected chi connectivity index (χ3v) is 6.68. The van der Waals surface area contributed by atoms with Crippen LogP contribution in [0.2, 0.25) is 5.02 Å². The zero-order valence-corrected chi connectivity index (χ0v) is 18.6. The van der Waals surface area contributed by atoms with Gasteiger partial charge in [-0.1, -0.05) is 51.4 Å². The van der Waals surface area contributed by atoms with Crippen molar-refractivity contribution in [2.45, 2.75) is 58.9 Å². The summed E-state index contributed by atoms with van der Waals surface area (Å²) < 4.78 is 0. The third kappa shape index (κ3) is 4.30. The summed E-state index contributed by atoms with van der Waals surface area (Å²) in [5, 5.41) is 12.8. The SMILES string of the molecule is CC(C)C1=CN(CCC(=O)O)C(=O)N[C@@]1(C)c1ccc(C2CC2C(C)C)c(Cl)c1. The Morgan fingerprint density at radius 3 is 2.55 bits per heavy atom. The number of benzene rings is 1. The van der Waals surface area contributed by atoms with Crippen LogP contribution in [-0.2, 0) is 10.3 Å². The standard InChI is InChI=1S/C23H31ClN2O3/c1-13(2)17-11-18(17)16-7-6-15(10-20(16)24)23(5)19(14(3)4)12-26(22(29)25-23)9-8-21(27)28/h6-7,10,12-14,17-18H,8-9,11H2,1-5H3,(H,25,29)(H,27,28)/t17?,18?,23-/m0/s1. The first-order valence-electron chi connectivity index (χ1n) is 10.4. The molecule has 1 saturated carbocycles. The fraction of sp³-hybridized carbons (Fsp3) is 0.565. The second-order valence-corrected chi connectivity index (χ2v) is 9.52. The molecule has 0 bridgehead atoms. The molecule has 2 amide bonds. The molecule has 0 radical (unpaired) electrons. The average Bonchev–Trinajstić information content (AvgIpc) is 3.41. The Bertz CT molecular complexity index is 849. The number of nitrogens with zero attached hydrogens (tertiary/aromatic N) is 1. The molecule has 0 spiro atoms. The Hall–Kier alpha value is -2.01. The molecule has 6 heteroatoms. The van der Waals surface area contributed by atoms with Gasteiger partial charge in [-0.15, -0.1) is 0 Å². The van der Waals surface area contributed by atoms with Crippen molar-refractivity contribution in [3.63, 3.8) is 0 Å². The molecular weight excluding hydrogens is 388 g/mol. The normalized spacial score (nSPS) is 26.6. The Balaban J connectivity index is 1.92. The van der Waals surface area contributed by atoms with Gasteiger partial charge in [0.2, 0.25) is 0 Å². The predicted octanol–water partition coefficient (Wildman–Crippen LogP) is 5.35. The van der Waals surface area contributed by atoms with Gasteiger partial charge in [0.05, 0.1) is 12.0 Å². The minimum atomic E-state index is -0.923. The monoisotopic (exact) mass is 418 g/mol. The first-order valence-corrected chi connectivity index (χ1v) is 10.7. The molecule has 3 rings (SSSR count). The summed E-state index contributed by atoms with van der Waals surface area (Å²) in [7, 11) is 0. The largest absolute Gasteiger partial charge is 0.481 e. The summed E-state index contributed by atoms with van der Waals surface area (Å²) in [6.07, 6.45) is 2.90. The van der Waals surface area contributed by atoms with E-state index in [2.05, 4.69) is 45.1 Å². The molecule has 1 heterocycles. The zero-order chi connectivity index (χ0) is 21.5. The molecule has 2 N–H and O–H groups in total. The van der Waals surface area contributed by atoms with Gasteiger partial charge in [0.15, 0.2) is 0 Å². The third-order valence-electron chi connectivity index (χ3n) is 6.35. The summed E-state index contributed by atoms with van der Waals surface area (Å²) in [6, 6.07) is 5.87. The summed E-state index contributed by atoms with van der Waals surface area (Å²) in [5.74, 6) is 1.11. The highest BCUT2D eigenvalue weighted by atomic mass is 35.5. The predicted molar refractivity (Wildman–Crippen MR) is 115 cm³/mol. The Labute approximate surface area is 178 Å². The molecule has 1 aromatic rings. The van der Waals surface area contributed by atoms with E-state index in [1.165, 1.54) is 16.9 Å². The van der Waals surface area contributed by atoms with Gasteiger partial charge in [-0.25, -0.2) is 4.79 Å². The van der Waals surface area contributed by atoms with Crippen LogP contribution in [0.15, 0.2) is 30.0 Å². The second-order valence-electron chi connectivity index (χ2n) is 9.12. The summed E-state index contributed by atoms with van der Waals surface area (Å²) in [6.45, 7) is 10.8. The number of nitrogens with one attached hydrogen (secondary N) is 1. The summed E-state index contributed by atoms with van der Waals surface area (Å²) in [4.78, 5) is 25.1. The maximum Gasteiger partial charge on any atom is 0.322 e. The number of halogens is 1. The highest BCUT2D eigenvalue weighted by molar-refractivity contribution is 6.31. The summed E-state index contributed by atoms with van der Waals surface area (Å²) in [5.41, 5.74) is 2.48. The van der Waals surface area contributed by atoms with Crippen molar-refractivity contribution >= 4 is 23.6 Å². The van der Waals surface area contributed by atoms with Gasteiger partial charge < -0.3 is 15.3 Å². The number of amides is 2. The van der Waals surface area contributed by atoms with Crippen LogP contribution < -0.4 is 5.32 Å². The van der Waals surface area contributed by atoms with E-state index >= 15 is 0 Å². The van der Waals surface area contributed by atoms with Gasteiger partial charge in [0.25, 0.3) is 0 Å². The molecule has 1 aromatic carbocycles. The van der Waals surface area contributed by atoms with E-state index in [9.17, 15) is 9.59 Å².